The van der Waals surface area contributed by atoms with Crippen molar-refractivity contribution in [2.24, 2.45) is 0 Å². The molecule has 1 aliphatic heterocycles. The van der Waals surface area contributed by atoms with E-state index in [-0.39, 0.29) is 12.1 Å². The summed E-state index contributed by atoms with van der Waals surface area (Å²) in [4.78, 5) is 38.8. The summed E-state index contributed by atoms with van der Waals surface area (Å²) < 4.78 is 10.9. The first-order chi connectivity index (χ1) is 14.1. The van der Waals surface area contributed by atoms with Gasteiger partial charge in [-0.15, -0.1) is 0 Å². The number of aromatic amines is 1. The molecule has 1 fully saturated rings. The van der Waals surface area contributed by atoms with Crippen LogP contribution < -0.4 is 9.47 Å². The van der Waals surface area contributed by atoms with Crippen LogP contribution in [0.1, 0.15) is 28.9 Å². The second-order valence-corrected chi connectivity index (χ2v) is 7.01. The quantitative estimate of drug-likeness (QED) is 0.528. The number of carbonyl (C=O) groups is 2. The van der Waals surface area contributed by atoms with Gasteiger partial charge < -0.3 is 19.4 Å². The molecule has 0 radical (unpaired) electrons. The van der Waals surface area contributed by atoms with Crippen LogP contribution in [0, 0.1) is 6.92 Å². The van der Waals surface area contributed by atoms with Crippen LogP contribution in [0.2, 0.25) is 0 Å². The normalized spacial score (nSPS) is 16.6. The number of para-hydroxylation sites is 1. The fourth-order valence-electron chi connectivity index (χ4n) is 3.70. The van der Waals surface area contributed by atoms with Gasteiger partial charge in [-0.3, -0.25) is 9.59 Å². The van der Waals surface area contributed by atoms with E-state index in [0.717, 1.165) is 23.7 Å². The second-order valence-electron chi connectivity index (χ2n) is 7.01. The van der Waals surface area contributed by atoms with E-state index in [0.29, 0.717) is 30.2 Å². The van der Waals surface area contributed by atoms with Crippen LogP contribution in [-0.2, 0) is 4.79 Å². The lowest BCUT2D eigenvalue weighted by Gasteiger charge is -2.32. The molecule has 3 heterocycles. The van der Waals surface area contributed by atoms with Gasteiger partial charge in [0.1, 0.15) is 6.10 Å². The molecule has 1 amide bonds. The van der Waals surface area contributed by atoms with Crippen molar-refractivity contribution in [3.05, 3.63) is 47.8 Å². The molecule has 0 saturated carbocycles. The number of fused-ring (bicyclic) bond motifs is 1. The summed E-state index contributed by atoms with van der Waals surface area (Å²) in [6.07, 6.45) is 2.83. The zero-order valence-corrected chi connectivity index (χ0v) is 16.3. The van der Waals surface area contributed by atoms with E-state index in [4.69, 9.17) is 9.47 Å². The van der Waals surface area contributed by atoms with Gasteiger partial charge in [0.15, 0.2) is 0 Å². The third kappa shape index (κ3) is 3.78. The molecule has 0 aliphatic carbocycles. The third-order valence-corrected chi connectivity index (χ3v) is 5.06. The van der Waals surface area contributed by atoms with Crippen molar-refractivity contribution in [1.29, 1.82) is 0 Å². The smallest absolute Gasteiger partial charge is 0.319 e. The van der Waals surface area contributed by atoms with Gasteiger partial charge in [-0.05, 0) is 25.8 Å². The van der Waals surface area contributed by atoms with Gasteiger partial charge in [0.05, 0.1) is 19.2 Å². The van der Waals surface area contributed by atoms with E-state index in [1.54, 1.807) is 17.2 Å². The lowest BCUT2D eigenvalue weighted by atomic mass is 10.0. The Morgan fingerprint density at radius 1 is 1.24 bits per heavy atom. The predicted octanol–water partition coefficient (Wildman–Crippen LogP) is 2.53. The fourth-order valence-corrected chi connectivity index (χ4v) is 3.70. The molecule has 0 bridgehead atoms. The monoisotopic (exact) mass is 394 g/mol. The minimum atomic E-state index is -0.508. The number of carbonyl (C=O) groups excluding carboxylic acids is 2. The van der Waals surface area contributed by atoms with E-state index in [1.807, 2.05) is 31.2 Å². The Kier molecular flexibility index (Phi) is 5.16. The summed E-state index contributed by atoms with van der Waals surface area (Å²) in [7, 11) is 1.48. The number of rotatable bonds is 5. The molecule has 1 saturated heterocycles. The molecule has 150 valence electrons. The van der Waals surface area contributed by atoms with Crippen molar-refractivity contribution in [2.45, 2.75) is 25.9 Å². The van der Waals surface area contributed by atoms with Crippen molar-refractivity contribution in [3.63, 3.8) is 0 Å². The van der Waals surface area contributed by atoms with Crippen LogP contribution in [0.25, 0.3) is 10.9 Å². The number of amides is 1. The number of ketones is 1. The number of aryl methyl sites for hydroxylation is 1. The Morgan fingerprint density at radius 2 is 2.07 bits per heavy atom. The highest BCUT2D eigenvalue weighted by molar-refractivity contribution is 6.45. The van der Waals surface area contributed by atoms with Gasteiger partial charge in [-0.1, -0.05) is 18.2 Å². The Balaban J connectivity index is 1.49. The number of ether oxygens (including phenoxy) is 2. The first-order valence-corrected chi connectivity index (χ1v) is 9.51. The molecule has 0 spiro atoms. The minimum absolute atomic E-state index is 0.219. The molecule has 1 aliphatic rings. The molecule has 8 nitrogen and oxygen atoms in total. The number of benzene rings is 1. The van der Waals surface area contributed by atoms with Crippen LogP contribution >= 0.6 is 0 Å². The molecule has 1 aromatic carbocycles. The number of hydrogen-bond donors (Lipinski definition) is 1. The highest BCUT2D eigenvalue weighted by Crippen LogP contribution is 2.24. The van der Waals surface area contributed by atoms with Gasteiger partial charge in [-0.2, -0.15) is 4.98 Å². The maximum atomic E-state index is 13.0. The van der Waals surface area contributed by atoms with Crippen molar-refractivity contribution in [3.8, 4) is 11.9 Å². The summed E-state index contributed by atoms with van der Waals surface area (Å²) in [6.45, 7) is 2.67. The van der Waals surface area contributed by atoms with Crippen molar-refractivity contribution >= 4 is 22.6 Å². The van der Waals surface area contributed by atoms with Gasteiger partial charge >= 0.3 is 6.01 Å². The number of nitrogens with zero attached hydrogens (tertiary/aromatic N) is 3. The molecule has 3 aromatic rings. The van der Waals surface area contributed by atoms with Gasteiger partial charge in [0.2, 0.25) is 5.88 Å². The summed E-state index contributed by atoms with van der Waals surface area (Å²) in [5.41, 5.74) is 1.98. The molecule has 4 rings (SSSR count). The van der Waals surface area contributed by atoms with Gasteiger partial charge in [-0.25, -0.2) is 4.98 Å². The van der Waals surface area contributed by atoms with Crippen LogP contribution in [0.3, 0.4) is 0 Å². The Bertz CT molecular complexity index is 1060. The summed E-state index contributed by atoms with van der Waals surface area (Å²) in [5, 5.41) is 0.765. The standard InChI is InChI=1S/C21H22N4O4/c1-13-18(15-7-3-4-8-16(15)23-13)19(26)20(27)25-11-5-6-14(12-25)29-17-9-10-22-21(24-17)28-2/h3-4,7-10,14,23H,5-6,11-12H2,1-2H3. The Labute approximate surface area is 167 Å². The molecule has 1 atom stereocenters. The number of methoxy groups -OCH3 is 1. The molecule has 29 heavy (non-hydrogen) atoms. The number of Topliss-reactive ketones (excluding diaryl/α,β-unsaturated/α-hetero) is 1. The number of piperidine rings is 1. The lowest BCUT2D eigenvalue weighted by molar-refractivity contribution is -0.129. The summed E-state index contributed by atoms with van der Waals surface area (Å²) >= 11 is 0. The summed E-state index contributed by atoms with van der Waals surface area (Å²) in [5.74, 6) is -0.620. The zero-order valence-electron chi connectivity index (χ0n) is 16.3. The minimum Gasteiger partial charge on any atom is -0.472 e. The first kappa shape index (κ1) is 18.9. The maximum Gasteiger partial charge on any atom is 0.319 e. The fraction of sp³-hybridized carbons (Fsp3) is 0.333. The summed E-state index contributed by atoms with van der Waals surface area (Å²) in [6, 6.07) is 9.36. The van der Waals surface area contributed by atoms with E-state index in [9.17, 15) is 9.59 Å². The van der Waals surface area contributed by atoms with Crippen LogP contribution in [0.5, 0.6) is 11.9 Å². The van der Waals surface area contributed by atoms with Crippen molar-refractivity contribution < 1.29 is 19.1 Å². The van der Waals surface area contributed by atoms with Crippen LogP contribution in [0.15, 0.2) is 36.5 Å². The maximum absolute atomic E-state index is 13.0. The van der Waals surface area contributed by atoms with E-state index >= 15 is 0 Å². The van der Waals surface area contributed by atoms with Crippen molar-refractivity contribution in [2.75, 3.05) is 20.2 Å². The number of nitrogens with one attached hydrogen (secondary N) is 1. The van der Waals surface area contributed by atoms with E-state index in [1.165, 1.54) is 7.11 Å². The van der Waals surface area contributed by atoms with Gasteiger partial charge in [0.25, 0.3) is 11.7 Å². The molecule has 8 heteroatoms. The zero-order chi connectivity index (χ0) is 20.4. The average Bonchev–Trinajstić information content (AvgIpc) is 3.08. The van der Waals surface area contributed by atoms with Crippen LogP contribution in [0.4, 0.5) is 0 Å². The Morgan fingerprint density at radius 3 is 2.90 bits per heavy atom. The number of likely N-dealkylation sites (tertiary alicyclic amines) is 1. The van der Waals surface area contributed by atoms with E-state index < -0.39 is 11.7 Å². The van der Waals surface area contributed by atoms with Crippen molar-refractivity contribution in [1.82, 2.24) is 19.9 Å². The topological polar surface area (TPSA) is 97.4 Å². The van der Waals surface area contributed by atoms with Crippen LogP contribution in [-0.4, -0.2) is 57.8 Å². The molecular weight excluding hydrogens is 372 g/mol. The molecule has 1 N–H and O–H groups in total. The third-order valence-electron chi connectivity index (χ3n) is 5.06. The van der Waals surface area contributed by atoms with Gasteiger partial charge in [0, 0.05) is 35.4 Å². The SMILES string of the molecule is COc1nccc(OC2CCCN(C(=O)C(=O)c3c(C)[nH]c4ccccc34)C2)n1. The Hall–Kier alpha value is -3.42. The molecule has 2 aromatic heterocycles. The second kappa shape index (κ2) is 7.90. The highest BCUT2D eigenvalue weighted by atomic mass is 16.5. The van der Waals surface area contributed by atoms with E-state index in [2.05, 4.69) is 15.0 Å². The number of H-pyrrole nitrogens is 1. The first-order valence-electron chi connectivity index (χ1n) is 9.51. The number of aromatic nitrogens is 3. The lowest BCUT2D eigenvalue weighted by Crippen LogP contribution is -2.47. The highest BCUT2D eigenvalue weighted by Gasteiger charge is 2.31. The predicted molar refractivity (Wildman–Crippen MR) is 106 cm³/mol. The number of hydrogen-bond acceptors (Lipinski definition) is 6. The molecular formula is C21H22N4O4. The molecule has 1 unspecified atom stereocenters. The largest absolute Gasteiger partial charge is 0.472 e. The average molecular weight is 394 g/mol.